The normalized spacial score (nSPS) is 19.3. The fourth-order valence-corrected chi connectivity index (χ4v) is 4.13. The van der Waals surface area contributed by atoms with E-state index in [1.807, 2.05) is 0 Å². The molecule has 2 aliphatic rings. The monoisotopic (exact) mass is 529 g/mol. The van der Waals surface area contributed by atoms with E-state index in [0.717, 1.165) is 64.9 Å². The number of benzene rings is 1. The van der Waals surface area contributed by atoms with Gasteiger partial charge in [0.1, 0.15) is 0 Å². The van der Waals surface area contributed by atoms with Gasteiger partial charge in [-0.3, -0.25) is 14.8 Å². The molecule has 2 N–H and O–H groups in total. The van der Waals surface area contributed by atoms with Crippen LogP contribution in [-0.4, -0.2) is 81.3 Å². The highest BCUT2D eigenvalue weighted by atomic mass is 127. The first-order chi connectivity index (χ1) is 14.3. The average Bonchev–Trinajstić information content (AvgIpc) is 3.28. The molecule has 2 aliphatic heterocycles. The van der Waals surface area contributed by atoms with E-state index in [2.05, 4.69) is 58.5 Å². The maximum atomic E-state index is 5.43. The SMILES string of the molecule is CCNC(=NCC(c1ccc(C)cc1)N1CCCC1)NCCCN1CCOCC1.I. The topological polar surface area (TPSA) is 52.1 Å². The Morgan fingerprint density at radius 1 is 1.07 bits per heavy atom. The lowest BCUT2D eigenvalue weighted by Gasteiger charge is -2.27. The number of hydrogen-bond acceptors (Lipinski definition) is 4. The highest BCUT2D eigenvalue weighted by Crippen LogP contribution is 2.25. The van der Waals surface area contributed by atoms with Crippen LogP contribution in [0.15, 0.2) is 29.3 Å². The Labute approximate surface area is 199 Å². The molecule has 170 valence electrons. The Morgan fingerprint density at radius 2 is 1.77 bits per heavy atom. The van der Waals surface area contributed by atoms with Gasteiger partial charge in [0.2, 0.25) is 0 Å². The average molecular weight is 530 g/mol. The minimum Gasteiger partial charge on any atom is -0.379 e. The molecule has 2 heterocycles. The summed E-state index contributed by atoms with van der Waals surface area (Å²) in [5, 5.41) is 6.94. The lowest BCUT2D eigenvalue weighted by molar-refractivity contribution is 0.0376. The highest BCUT2D eigenvalue weighted by molar-refractivity contribution is 14.0. The van der Waals surface area contributed by atoms with E-state index in [1.165, 1.54) is 37.1 Å². The number of aliphatic imine (C=N–C) groups is 1. The summed E-state index contributed by atoms with van der Waals surface area (Å²) in [4.78, 5) is 10.0. The van der Waals surface area contributed by atoms with Gasteiger partial charge < -0.3 is 15.4 Å². The Balaban J connectivity index is 0.00000320. The van der Waals surface area contributed by atoms with Gasteiger partial charge in [-0.05, 0) is 58.3 Å². The summed E-state index contributed by atoms with van der Waals surface area (Å²) in [6, 6.07) is 9.35. The molecule has 0 saturated carbocycles. The molecule has 0 amide bonds. The van der Waals surface area contributed by atoms with Crippen LogP contribution in [0.1, 0.15) is 43.4 Å². The first-order valence-electron chi connectivity index (χ1n) is 11.4. The maximum Gasteiger partial charge on any atom is 0.191 e. The molecular weight excluding hydrogens is 489 g/mol. The van der Waals surface area contributed by atoms with Crippen LogP contribution in [0, 0.1) is 6.92 Å². The van der Waals surface area contributed by atoms with Crippen molar-refractivity contribution in [1.82, 2.24) is 20.4 Å². The van der Waals surface area contributed by atoms with Crippen molar-refractivity contribution in [2.45, 2.75) is 39.2 Å². The summed E-state index contributed by atoms with van der Waals surface area (Å²) in [7, 11) is 0. The van der Waals surface area contributed by atoms with E-state index in [-0.39, 0.29) is 24.0 Å². The molecule has 1 aromatic rings. The first kappa shape index (κ1) is 25.4. The molecule has 2 saturated heterocycles. The van der Waals surface area contributed by atoms with Gasteiger partial charge >= 0.3 is 0 Å². The van der Waals surface area contributed by atoms with Crippen LogP contribution < -0.4 is 10.6 Å². The highest BCUT2D eigenvalue weighted by Gasteiger charge is 2.23. The second kappa shape index (κ2) is 14.2. The molecule has 0 spiro atoms. The number of ether oxygens (including phenoxy) is 1. The molecule has 0 bridgehead atoms. The van der Waals surface area contributed by atoms with Gasteiger partial charge in [0.05, 0.1) is 25.8 Å². The molecule has 0 aromatic heterocycles. The maximum absolute atomic E-state index is 5.43. The molecule has 6 nitrogen and oxygen atoms in total. The van der Waals surface area contributed by atoms with Crippen molar-refractivity contribution < 1.29 is 4.74 Å². The van der Waals surface area contributed by atoms with Crippen molar-refractivity contribution >= 4 is 29.9 Å². The molecule has 0 aliphatic carbocycles. The van der Waals surface area contributed by atoms with Crippen LogP contribution in [0.5, 0.6) is 0 Å². The molecule has 0 radical (unpaired) electrons. The predicted molar refractivity (Wildman–Crippen MR) is 136 cm³/mol. The minimum atomic E-state index is 0. The third kappa shape index (κ3) is 8.32. The van der Waals surface area contributed by atoms with Crippen molar-refractivity contribution in [2.24, 2.45) is 4.99 Å². The van der Waals surface area contributed by atoms with Crippen LogP contribution in [0.3, 0.4) is 0 Å². The van der Waals surface area contributed by atoms with Crippen LogP contribution in [-0.2, 0) is 4.74 Å². The second-order valence-electron chi connectivity index (χ2n) is 8.12. The zero-order valence-corrected chi connectivity index (χ0v) is 21.1. The summed E-state index contributed by atoms with van der Waals surface area (Å²) < 4.78 is 5.43. The van der Waals surface area contributed by atoms with Crippen LogP contribution in [0.4, 0.5) is 0 Å². The van der Waals surface area contributed by atoms with Crippen molar-refractivity contribution in [2.75, 3.05) is 65.6 Å². The number of aryl methyl sites for hydroxylation is 1. The number of halogens is 1. The van der Waals surface area contributed by atoms with Gasteiger partial charge in [-0.15, -0.1) is 24.0 Å². The summed E-state index contributed by atoms with van der Waals surface area (Å²) >= 11 is 0. The number of hydrogen-bond donors (Lipinski definition) is 2. The quantitative estimate of drug-likeness (QED) is 0.223. The molecule has 3 rings (SSSR count). The second-order valence-corrected chi connectivity index (χ2v) is 8.12. The lowest BCUT2D eigenvalue weighted by Crippen LogP contribution is -2.41. The van der Waals surface area contributed by atoms with Crippen molar-refractivity contribution in [3.63, 3.8) is 0 Å². The van der Waals surface area contributed by atoms with Gasteiger partial charge in [0, 0.05) is 26.2 Å². The molecule has 1 unspecified atom stereocenters. The molecule has 1 atom stereocenters. The summed E-state index contributed by atoms with van der Waals surface area (Å²) in [6.07, 6.45) is 3.72. The first-order valence-corrected chi connectivity index (χ1v) is 11.4. The standard InChI is InChI=1S/C23H39N5O.HI/c1-3-24-23(25-11-6-12-27-15-17-29-18-16-27)26-19-22(28-13-4-5-14-28)21-9-7-20(2)8-10-21;/h7-10,22H,3-6,11-19H2,1-2H3,(H2,24,25,26);1H. The summed E-state index contributed by atoms with van der Waals surface area (Å²) in [5.74, 6) is 0.936. The number of nitrogens with zero attached hydrogens (tertiary/aromatic N) is 3. The fourth-order valence-electron chi connectivity index (χ4n) is 4.13. The van der Waals surface area contributed by atoms with E-state index in [4.69, 9.17) is 9.73 Å². The van der Waals surface area contributed by atoms with Crippen LogP contribution >= 0.6 is 24.0 Å². The molecule has 1 aromatic carbocycles. The van der Waals surface area contributed by atoms with E-state index in [0.29, 0.717) is 6.04 Å². The number of rotatable bonds is 9. The van der Waals surface area contributed by atoms with Gasteiger partial charge in [-0.1, -0.05) is 29.8 Å². The molecule has 30 heavy (non-hydrogen) atoms. The van der Waals surface area contributed by atoms with Crippen LogP contribution in [0.25, 0.3) is 0 Å². The van der Waals surface area contributed by atoms with Gasteiger partial charge in [0.15, 0.2) is 5.96 Å². The third-order valence-corrected chi connectivity index (χ3v) is 5.86. The zero-order chi connectivity index (χ0) is 20.3. The number of guanidine groups is 1. The fraction of sp³-hybridized carbons (Fsp3) is 0.696. The van der Waals surface area contributed by atoms with Crippen molar-refractivity contribution in [1.29, 1.82) is 0 Å². The van der Waals surface area contributed by atoms with Crippen molar-refractivity contribution in [3.05, 3.63) is 35.4 Å². The van der Waals surface area contributed by atoms with Crippen molar-refractivity contribution in [3.8, 4) is 0 Å². The number of likely N-dealkylation sites (tertiary alicyclic amines) is 1. The van der Waals surface area contributed by atoms with E-state index < -0.39 is 0 Å². The summed E-state index contributed by atoms with van der Waals surface area (Å²) in [5.41, 5.74) is 2.69. The third-order valence-electron chi connectivity index (χ3n) is 5.86. The Bertz CT molecular complexity index is 613. The molecular formula is C23H40IN5O. The zero-order valence-electron chi connectivity index (χ0n) is 18.7. The minimum absolute atomic E-state index is 0. The number of nitrogens with one attached hydrogen (secondary N) is 2. The Kier molecular flexibility index (Phi) is 12.0. The van der Waals surface area contributed by atoms with Gasteiger partial charge in [0.25, 0.3) is 0 Å². The Hall–Kier alpha value is -0.900. The van der Waals surface area contributed by atoms with E-state index in [9.17, 15) is 0 Å². The van der Waals surface area contributed by atoms with Crippen LogP contribution in [0.2, 0.25) is 0 Å². The van der Waals surface area contributed by atoms with E-state index >= 15 is 0 Å². The summed E-state index contributed by atoms with van der Waals surface area (Å²) in [6.45, 7) is 14.2. The smallest absolute Gasteiger partial charge is 0.191 e. The predicted octanol–water partition coefficient (Wildman–Crippen LogP) is 3.03. The van der Waals surface area contributed by atoms with E-state index in [1.54, 1.807) is 0 Å². The van der Waals surface area contributed by atoms with Gasteiger partial charge in [-0.25, -0.2) is 0 Å². The Morgan fingerprint density at radius 3 is 2.43 bits per heavy atom. The van der Waals surface area contributed by atoms with Gasteiger partial charge in [-0.2, -0.15) is 0 Å². The molecule has 2 fully saturated rings. The lowest BCUT2D eigenvalue weighted by atomic mass is 10.0. The number of morpholine rings is 1. The molecule has 7 heteroatoms. The largest absolute Gasteiger partial charge is 0.379 e.